The molecule has 1 saturated heterocycles. The van der Waals surface area contributed by atoms with Crippen LogP contribution in [0.15, 0.2) is 41.6 Å². The molecule has 0 aliphatic carbocycles. The molecule has 8 heteroatoms. The highest BCUT2D eigenvalue weighted by atomic mass is 16.1. The number of anilines is 3. The van der Waals surface area contributed by atoms with Crippen LogP contribution in [-0.2, 0) is 0 Å². The fraction of sp³-hybridized carbons (Fsp3) is 0.250. The number of aromatic amines is 1. The maximum Gasteiger partial charge on any atom is 0.260 e. The van der Waals surface area contributed by atoms with Crippen LogP contribution < -0.4 is 21.1 Å². The van der Waals surface area contributed by atoms with Crippen LogP contribution in [-0.4, -0.2) is 46.1 Å². The molecular formula is C16H17N7O. The molecule has 0 bridgehead atoms. The molecule has 0 radical (unpaired) electrons. The van der Waals surface area contributed by atoms with Gasteiger partial charge in [-0.25, -0.2) is 9.97 Å². The average molecular weight is 323 g/mol. The summed E-state index contributed by atoms with van der Waals surface area (Å²) in [4.78, 5) is 29.8. The number of hydrogen-bond acceptors (Lipinski definition) is 7. The predicted octanol–water partition coefficient (Wildman–Crippen LogP) is 0.866. The third kappa shape index (κ3) is 2.91. The molecular weight excluding hydrogens is 306 g/mol. The highest BCUT2D eigenvalue weighted by Crippen LogP contribution is 2.19. The van der Waals surface area contributed by atoms with Crippen molar-refractivity contribution < 1.29 is 0 Å². The van der Waals surface area contributed by atoms with Crippen molar-refractivity contribution in [3.8, 4) is 0 Å². The second-order valence-electron chi connectivity index (χ2n) is 5.57. The van der Waals surface area contributed by atoms with Crippen molar-refractivity contribution in [1.29, 1.82) is 0 Å². The summed E-state index contributed by atoms with van der Waals surface area (Å²) in [5.41, 5.74) is 1.43. The summed E-state index contributed by atoms with van der Waals surface area (Å²) in [7, 11) is 0. The van der Waals surface area contributed by atoms with Crippen molar-refractivity contribution >= 4 is 28.4 Å². The molecule has 3 aromatic rings. The van der Waals surface area contributed by atoms with E-state index in [0.29, 0.717) is 22.7 Å². The number of nitrogens with zero attached hydrogens (tertiary/aromatic N) is 4. The second-order valence-corrected chi connectivity index (χ2v) is 5.57. The zero-order chi connectivity index (χ0) is 16.4. The van der Waals surface area contributed by atoms with Crippen molar-refractivity contribution in [2.24, 2.45) is 0 Å². The molecule has 3 aromatic heterocycles. The summed E-state index contributed by atoms with van der Waals surface area (Å²) in [6.45, 7) is 3.86. The molecule has 3 N–H and O–H groups in total. The van der Waals surface area contributed by atoms with Gasteiger partial charge in [0.05, 0.1) is 17.1 Å². The van der Waals surface area contributed by atoms with Crippen LogP contribution >= 0.6 is 0 Å². The van der Waals surface area contributed by atoms with E-state index in [0.717, 1.165) is 31.9 Å². The van der Waals surface area contributed by atoms with E-state index in [9.17, 15) is 4.79 Å². The largest absolute Gasteiger partial charge is 0.369 e. The van der Waals surface area contributed by atoms with Gasteiger partial charge in [0, 0.05) is 50.3 Å². The summed E-state index contributed by atoms with van der Waals surface area (Å²) in [5.74, 6) is 0.989. The first-order valence-corrected chi connectivity index (χ1v) is 7.82. The first-order valence-electron chi connectivity index (χ1n) is 7.82. The predicted molar refractivity (Wildman–Crippen MR) is 92.8 cm³/mol. The molecule has 8 nitrogen and oxygen atoms in total. The van der Waals surface area contributed by atoms with Gasteiger partial charge in [-0.3, -0.25) is 14.8 Å². The molecule has 1 aliphatic heterocycles. The van der Waals surface area contributed by atoms with E-state index in [2.05, 4.69) is 35.5 Å². The van der Waals surface area contributed by atoms with Gasteiger partial charge >= 0.3 is 0 Å². The van der Waals surface area contributed by atoms with Crippen LogP contribution in [0.1, 0.15) is 0 Å². The summed E-state index contributed by atoms with van der Waals surface area (Å²) < 4.78 is 0. The summed E-state index contributed by atoms with van der Waals surface area (Å²) in [6, 6.07) is 5.59. The van der Waals surface area contributed by atoms with Gasteiger partial charge < -0.3 is 15.5 Å². The molecule has 1 fully saturated rings. The first-order chi connectivity index (χ1) is 11.8. The van der Waals surface area contributed by atoms with E-state index in [1.807, 2.05) is 12.1 Å². The second kappa shape index (κ2) is 6.25. The van der Waals surface area contributed by atoms with Gasteiger partial charge in [0.2, 0.25) is 5.95 Å². The van der Waals surface area contributed by atoms with Gasteiger partial charge in [0.25, 0.3) is 5.56 Å². The van der Waals surface area contributed by atoms with Crippen LogP contribution in [0.25, 0.3) is 10.9 Å². The van der Waals surface area contributed by atoms with E-state index >= 15 is 0 Å². The van der Waals surface area contributed by atoms with Gasteiger partial charge in [0.15, 0.2) is 0 Å². The van der Waals surface area contributed by atoms with Crippen LogP contribution in [0, 0.1) is 0 Å². The number of hydrogen-bond donors (Lipinski definition) is 3. The van der Waals surface area contributed by atoms with Crippen molar-refractivity contribution in [2.75, 3.05) is 36.4 Å². The number of nitrogens with one attached hydrogen (secondary N) is 3. The topological polar surface area (TPSA) is 98.8 Å². The molecule has 1 aliphatic rings. The molecule has 0 amide bonds. The monoisotopic (exact) mass is 323 g/mol. The van der Waals surface area contributed by atoms with Crippen molar-refractivity contribution in [3.05, 3.63) is 47.1 Å². The summed E-state index contributed by atoms with van der Waals surface area (Å²) >= 11 is 0. The number of piperazine rings is 1. The van der Waals surface area contributed by atoms with Crippen molar-refractivity contribution in [3.63, 3.8) is 0 Å². The summed E-state index contributed by atoms with van der Waals surface area (Å²) in [6.07, 6.45) is 4.89. The Kier molecular flexibility index (Phi) is 3.80. The Hall–Kier alpha value is -3.00. The number of H-pyrrole nitrogens is 1. The van der Waals surface area contributed by atoms with Gasteiger partial charge in [-0.2, -0.15) is 0 Å². The highest BCUT2D eigenvalue weighted by molar-refractivity contribution is 5.77. The zero-order valence-corrected chi connectivity index (χ0v) is 13.0. The minimum atomic E-state index is -0.205. The smallest absolute Gasteiger partial charge is 0.260 e. The molecule has 0 spiro atoms. The third-order valence-corrected chi connectivity index (χ3v) is 3.98. The Morgan fingerprint density at radius 1 is 1.17 bits per heavy atom. The minimum Gasteiger partial charge on any atom is -0.369 e. The fourth-order valence-corrected chi connectivity index (χ4v) is 2.78. The van der Waals surface area contributed by atoms with E-state index in [1.54, 1.807) is 24.7 Å². The molecule has 0 aromatic carbocycles. The zero-order valence-electron chi connectivity index (χ0n) is 13.0. The maximum absolute atomic E-state index is 12.1. The number of aromatic nitrogens is 4. The highest BCUT2D eigenvalue weighted by Gasteiger charge is 2.11. The van der Waals surface area contributed by atoms with E-state index < -0.39 is 0 Å². The Bertz CT molecular complexity index is 917. The fourth-order valence-electron chi connectivity index (χ4n) is 2.78. The van der Waals surface area contributed by atoms with Crippen LogP contribution in [0.5, 0.6) is 0 Å². The van der Waals surface area contributed by atoms with Gasteiger partial charge in [0.1, 0.15) is 5.82 Å². The lowest BCUT2D eigenvalue weighted by Crippen LogP contribution is -2.43. The SMILES string of the molecule is O=c1[nH]c(Nc2cc(N3CCNCC3)ccn2)nc2cnccc12. The first kappa shape index (κ1) is 14.6. The Morgan fingerprint density at radius 2 is 2.04 bits per heavy atom. The number of rotatable bonds is 3. The van der Waals surface area contributed by atoms with E-state index in [1.165, 1.54) is 0 Å². The van der Waals surface area contributed by atoms with Crippen molar-refractivity contribution in [1.82, 2.24) is 25.3 Å². The molecule has 24 heavy (non-hydrogen) atoms. The van der Waals surface area contributed by atoms with Crippen LogP contribution in [0.2, 0.25) is 0 Å². The molecule has 122 valence electrons. The lowest BCUT2D eigenvalue weighted by atomic mass is 10.3. The Labute approximate surface area is 138 Å². The Balaban J connectivity index is 1.62. The van der Waals surface area contributed by atoms with E-state index in [4.69, 9.17) is 0 Å². The number of pyridine rings is 2. The van der Waals surface area contributed by atoms with Crippen LogP contribution in [0.3, 0.4) is 0 Å². The van der Waals surface area contributed by atoms with Gasteiger partial charge in [-0.05, 0) is 12.1 Å². The van der Waals surface area contributed by atoms with Gasteiger partial charge in [-0.1, -0.05) is 0 Å². The minimum absolute atomic E-state index is 0.205. The quantitative estimate of drug-likeness (QED) is 0.657. The lowest BCUT2D eigenvalue weighted by molar-refractivity contribution is 0.589. The number of fused-ring (bicyclic) bond motifs is 1. The molecule has 4 heterocycles. The Morgan fingerprint density at radius 3 is 2.92 bits per heavy atom. The molecule has 4 rings (SSSR count). The van der Waals surface area contributed by atoms with Crippen molar-refractivity contribution in [2.45, 2.75) is 0 Å². The van der Waals surface area contributed by atoms with Crippen LogP contribution in [0.4, 0.5) is 17.5 Å². The summed E-state index contributed by atoms with van der Waals surface area (Å²) in [5, 5.41) is 6.91. The lowest BCUT2D eigenvalue weighted by Gasteiger charge is -2.29. The third-order valence-electron chi connectivity index (χ3n) is 3.98. The standard InChI is InChI=1S/C16H17N7O/c24-15-12-2-3-18-10-13(12)20-16(22-15)21-14-9-11(1-4-19-14)23-7-5-17-6-8-23/h1-4,9-10,17H,5-8H2,(H2,19,20,21,22,24). The molecule has 0 atom stereocenters. The molecule has 0 unspecified atom stereocenters. The maximum atomic E-state index is 12.1. The van der Waals surface area contributed by atoms with Gasteiger partial charge in [-0.15, -0.1) is 0 Å². The van der Waals surface area contributed by atoms with E-state index in [-0.39, 0.29) is 5.56 Å². The molecule has 0 saturated carbocycles. The normalized spacial score (nSPS) is 14.8. The average Bonchev–Trinajstić information content (AvgIpc) is 2.63.